The molecule has 2 aromatic carbocycles. The smallest absolute Gasteiger partial charge is 0.363 e. The third kappa shape index (κ3) is 3.21. The van der Waals surface area contributed by atoms with Crippen molar-refractivity contribution in [1.29, 1.82) is 0 Å². The van der Waals surface area contributed by atoms with E-state index in [0.717, 1.165) is 14.7 Å². The summed E-state index contributed by atoms with van der Waals surface area (Å²) in [5.74, 6) is -0.0566. The van der Waals surface area contributed by atoms with Gasteiger partial charge in [0.25, 0.3) is 0 Å². The summed E-state index contributed by atoms with van der Waals surface area (Å²) in [5, 5.41) is 0. The molecule has 0 N–H and O–H groups in total. The fourth-order valence-corrected chi connectivity index (χ4v) is 2.31. The number of halogens is 1. The maximum Gasteiger partial charge on any atom is 0.363 e. The quantitative estimate of drug-likeness (QED) is 0.443. The second-order valence-electron chi connectivity index (χ2n) is 4.75. The van der Waals surface area contributed by atoms with Crippen molar-refractivity contribution in [3.63, 3.8) is 0 Å². The highest BCUT2D eigenvalue weighted by atomic mass is 127. The first-order chi connectivity index (χ1) is 10.1. The summed E-state index contributed by atoms with van der Waals surface area (Å²) in [4.78, 5) is 16.2. The average molecular weight is 389 g/mol. The molecule has 2 aromatic rings. The van der Waals surface area contributed by atoms with Crippen LogP contribution >= 0.6 is 22.6 Å². The van der Waals surface area contributed by atoms with Gasteiger partial charge in [-0.3, -0.25) is 0 Å². The summed E-state index contributed by atoms with van der Waals surface area (Å²) >= 11 is 2.23. The van der Waals surface area contributed by atoms with Crippen molar-refractivity contribution in [2.24, 2.45) is 4.99 Å². The van der Waals surface area contributed by atoms with Gasteiger partial charge in [0.1, 0.15) is 0 Å². The number of carbonyl (C=O) groups is 1. The zero-order valence-corrected chi connectivity index (χ0v) is 13.5. The highest BCUT2D eigenvalue weighted by Gasteiger charge is 2.23. The van der Waals surface area contributed by atoms with Crippen LogP contribution < -0.4 is 0 Å². The molecule has 1 heterocycles. The highest BCUT2D eigenvalue weighted by molar-refractivity contribution is 14.1. The van der Waals surface area contributed by atoms with E-state index in [2.05, 4.69) is 27.6 Å². The van der Waals surface area contributed by atoms with Gasteiger partial charge in [0.2, 0.25) is 5.90 Å². The molecule has 21 heavy (non-hydrogen) atoms. The van der Waals surface area contributed by atoms with E-state index < -0.39 is 5.97 Å². The molecule has 0 saturated carbocycles. The molecule has 3 nitrogen and oxygen atoms in total. The first-order valence-corrected chi connectivity index (χ1v) is 7.55. The third-order valence-electron chi connectivity index (χ3n) is 3.09. The predicted octanol–water partition coefficient (Wildman–Crippen LogP) is 3.94. The lowest BCUT2D eigenvalue weighted by molar-refractivity contribution is -0.129. The van der Waals surface area contributed by atoms with Crippen LogP contribution in [0.25, 0.3) is 6.08 Å². The van der Waals surface area contributed by atoms with Crippen LogP contribution in [-0.2, 0) is 9.53 Å². The van der Waals surface area contributed by atoms with Crippen molar-refractivity contribution in [1.82, 2.24) is 0 Å². The van der Waals surface area contributed by atoms with Gasteiger partial charge in [-0.25, -0.2) is 9.79 Å². The molecule has 104 valence electrons. The second-order valence-corrected chi connectivity index (χ2v) is 6.00. The van der Waals surface area contributed by atoms with Gasteiger partial charge in [0.05, 0.1) is 0 Å². The molecule has 0 unspecified atom stereocenters. The molecule has 0 atom stereocenters. The van der Waals surface area contributed by atoms with Gasteiger partial charge in [-0.2, -0.15) is 0 Å². The average Bonchev–Trinajstić information content (AvgIpc) is 2.83. The molecule has 0 fully saturated rings. The van der Waals surface area contributed by atoms with E-state index in [1.807, 2.05) is 55.5 Å². The molecule has 4 heteroatoms. The zero-order chi connectivity index (χ0) is 14.8. The molecule has 1 aliphatic rings. The van der Waals surface area contributed by atoms with Crippen LogP contribution in [-0.4, -0.2) is 11.9 Å². The molecule has 1 aliphatic heterocycles. The lowest BCUT2D eigenvalue weighted by Crippen LogP contribution is -2.05. The topological polar surface area (TPSA) is 38.7 Å². The summed E-state index contributed by atoms with van der Waals surface area (Å²) < 4.78 is 6.36. The number of nitrogens with zero attached hydrogens (tertiary/aromatic N) is 1. The molecule has 0 saturated heterocycles. The Kier molecular flexibility index (Phi) is 3.88. The van der Waals surface area contributed by atoms with Gasteiger partial charge >= 0.3 is 5.97 Å². The minimum atomic E-state index is -0.413. The first kappa shape index (κ1) is 14.0. The molecule has 0 aliphatic carbocycles. The lowest BCUT2D eigenvalue weighted by Gasteiger charge is -1.98. The zero-order valence-electron chi connectivity index (χ0n) is 11.3. The molecule has 3 rings (SSSR count). The van der Waals surface area contributed by atoms with E-state index in [1.165, 1.54) is 5.56 Å². The summed E-state index contributed by atoms with van der Waals surface area (Å²) in [5.41, 5.74) is 3.23. The van der Waals surface area contributed by atoms with E-state index in [1.54, 1.807) is 6.08 Å². The minimum Gasteiger partial charge on any atom is -0.402 e. The summed E-state index contributed by atoms with van der Waals surface area (Å²) in [6, 6.07) is 15.6. The molecule has 0 bridgehead atoms. The minimum absolute atomic E-state index is 0.326. The fraction of sp³-hybridized carbons (Fsp3) is 0.0588. The normalized spacial score (nSPS) is 16.0. The lowest BCUT2D eigenvalue weighted by atomic mass is 10.1. The van der Waals surface area contributed by atoms with Gasteiger partial charge in [-0.15, -0.1) is 0 Å². The van der Waals surface area contributed by atoms with Crippen molar-refractivity contribution >= 4 is 40.5 Å². The van der Waals surface area contributed by atoms with Gasteiger partial charge in [-0.05, 0) is 65.4 Å². The van der Waals surface area contributed by atoms with Crippen molar-refractivity contribution in [3.05, 3.63) is 74.5 Å². The van der Waals surface area contributed by atoms with Crippen molar-refractivity contribution < 1.29 is 9.53 Å². The number of benzene rings is 2. The summed E-state index contributed by atoms with van der Waals surface area (Å²) in [7, 11) is 0. The van der Waals surface area contributed by atoms with Crippen LogP contribution in [0.2, 0.25) is 0 Å². The van der Waals surface area contributed by atoms with Gasteiger partial charge in [0.15, 0.2) is 5.70 Å². The van der Waals surface area contributed by atoms with Crippen molar-refractivity contribution in [2.75, 3.05) is 0 Å². The standard InChI is InChI=1S/C17H12INO2/c1-11-2-4-12(5-3-11)10-15-17(20)21-16(19-15)13-6-8-14(18)9-7-13/h2-10H,1H3/b15-10+. The second kappa shape index (κ2) is 5.81. The van der Waals surface area contributed by atoms with Crippen LogP contribution in [0.4, 0.5) is 0 Å². The Labute approximate surface area is 136 Å². The molecule has 0 radical (unpaired) electrons. The highest BCUT2D eigenvalue weighted by Crippen LogP contribution is 2.19. The van der Waals surface area contributed by atoms with Crippen molar-refractivity contribution in [2.45, 2.75) is 6.92 Å². The van der Waals surface area contributed by atoms with E-state index in [4.69, 9.17) is 4.74 Å². The number of hydrogen-bond acceptors (Lipinski definition) is 3. The number of ether oxygens (including phenoxy) is 1. The van der Waals surface area contributed by atoms with Crippen LogP contribution in [0.15, 0.2) is 59.2 Å². The van der Waals surface area contributed by atoms with E-state index >= 15 is 0 Å². The molecule has 0 spiro atoms. The van der Waals surface area contributed by atoms with Crippen LogP contribution in [0.1, 0.15) is 16.7 Å². The van der Waals surface area contributed by atoms with Gasteiger partial charge in [-0.1, -0.05) is 29.8 Å². The molecular formula is C17H12INO2. The Bertz CT molecular complexity index is 743. The third-order valence-corrected chi connectivity index (χ3v) is 3.81. The maximum atomic E-state index is 11.9. The number of aryl methyl sites for hydroxylation is 1. The van der Waals surface area contributed by atoms with Crippen LogP contribution in [0.5, 0.6) is 0 Å². The number of carbonyl (C=O) groups excluding carboxylic acids is 1. The number of aliphatic imine (C=N–C) groups is 1. The van der Waals surface area contributed by atoms with Crippen LogP contribution in [0.3, 0.4) is 0 Å². The number of cyclic esters (lactones) is 1. The fourth-order valence-electron chi connectivity index (χ4n) is 1.95. The van der Waals surface area contributed by atoms with E-state index in [0.29, 0.717) is 11.6 Å². The Balaban J connectivity index is 1.91. The summed E-state index contributed by atoms with van der Waals surface area (Å²) in [6.45, 7) is 2.02. The predicted molar refractivity (Wildman–Crippen MR) is 90.9 cm³/mol. The number of rotatable bonds is 2. The van der Waals surface area contributed by atoms with E-state index in [9.17, 15) is 4.79 Å². The van der Waals surface area contributed by atoms with E-state index in [-0.39, 0.29) is 0 Å². The molecule has 0 aromatic heterocycles. The molecule has 0 amide bonds. The summed E-state index contributed by atoms with van der Waals surface area (Å²) in [6.07, 6.45) is 1.74. The Morgan fingerprint density at radius 2 is 1.71 bits per heavy atom. The van der Waals surface area contributed by atoms with Crippen molar-refractivity contribution in [3.8, 4) is 0 Å². The largest absolute Gasteiger partial charge is 0.402 e. The Morgan fingerprint density at radius 3 is 2.38 bits per heavy atom. The maximum absolute atomic E-state index is 11.9. The van der Waals surface area contributed by atoms with Crippen LogP contribution in [0, 0.1) is 10.5 Å². The Morgan fingerprint density at radius 1 is 1.05 bits per heavy atom. The number of hydrogen-bond donors (Lipinski definition) is 0. The van der Waals surface area contributed by atoms with Gasteiger partial charge in [0, 0.05) is 9.13 Å². The SMILES string of the molecule is Cc1ccc(/C=C2/N=C(c3ccc(I)cc3)OC2=O)cc1. The van der Waals surface area contributed by atoms with Gasteiger partial charge < -0.3 is 4.74 Å². The first-order valence-electron chi connectivity index (χ1n) is 6.47. The Hall–Kier alpha value is -1.95. The monoisotopic (exact) mass is 389 g/mol. The number of esters is 1. The molecular weight excluding hydrogens is 377 g/mol.